The summed E-state index contributed by atoms with van der Waals surface area (Å²) in [6, 6.07) is 7.67. The summed E-state index contributed by atoms with van der Waals surface area (Å²) in [6.07, 6.45) is 6.43. The van der Waals surface area contributed by atoms with Gasteiger partial charge in [-0.2, -0.15) is 5.26 Å². The predicted octanol–water partition coefficient (Wildman–Crippen LogP) is 7.54. The van der Waals surface area contributed by atoms with E-state index in [1.54, 1.807) is 18.2 Å². The molecule has 0 aliphatic carbocycles. The summed E-state index contributed by atoms with van der Waals surface area (Å²) in [6.45, 7) is 19.9. The molecule has 0 N–H and O–H groups in total. The van der Waals surface area contributed by atoms with Crippen molar-refractivity contribution >= 4 is 11.4 Å². The molecule has 4 nitrogen and oxygen atoms in total. The topological polar surface area (TPSA) is 57.7 Å². The van der Waals surface area contributed by atoms with Crippen LogP contribution in [0.4, 0.5) is 0 Å². The van der Waals surface area contributed by atoms with Gasteiger partial charge in [0.25, 0.3) is 0 Å². The summed E-state index contributed by atoms with van der Waals surface area (Å²) in [5, 5.41) is 9.39. The standard InChI is InChI=1S/C27H35N3O/c1-10-19(5)17-29-27(20(6)11-2)25-13-12-24(16-28)15-26(25)31-22(8)14-21(7)30-23(9)18(3)4/h10,12-15,17,20H,1,11H2,2-9H3/b19-17-,22-14+,29-27?,30-21?. The molecule has 0 heterocycles. The van der Waals surface area contributed by atoms with E-state index >= 15 is 0 Å². The molecule has 1 rings (SSSR count). The number of benzene rings is 1. The highest BCUT2D eigenvalue weighted by atomic mass is 16.5. The molecule has 0 aromatic heterocycles. The first-order valence-corrected chi connectivity index (χ1v) is 10.6. The Labute approximate surface area is 188 Å². The zero-order valence-corrected chi connectivity index (χ0v) is 20.2. The third kappa shape index (κ3) is 8.22. The Balaban J connectivity index is 3.50. The van der Waals surface area contributed by atoms with Crippen LogP contribution in [0.3, 0.4) is 0 Å². The number of ether oxygens (including phenoxy) is 1. The Morgan fingerprint density at radius 1 is 1.19 bits per heavy atom. The van der Waals surface area contributed by atoms with E-state index in [0.29, 0.717) is 17.1 Å². The second-order valence-corrected chi connectivity index (χ2v) is 7.92. The van der Waals surface area contributed by atoms with Crippen molar-refractivity contribution in [2.75, 3.05) is 0 Å². The summed E-state index contributed by atoms with van der Waals surface area (Å²) in [5.74, 6) is 1.53. The van der Waals surface area contributed by atoms with E-state index < -0.39 is 0 Å². The maximum Gasteiger partial charge on any atom is 0.137 e. The Kier molecular flexibility index (Phi) is 10.4. The van der Waals surface area contributed by atoms with E-state index in [9.17, 15) is 5.26 Å². The van der Waals surface area contributed by atoms with Crippen LogP contribution in [0.5, 0.6) is 5.75 Å². The normalized spacial score (nSPS) is 14.0. The van der Waals surface area contributed by atoms with Crippen molar-refractivity contribution in [2.45, 2.75) is 61.8 Å². The zero-order valence-electron chi connectivity index (χ0n) is 20.2. The molecule has 1 aromatic rings. The summed E-state index contributed by atoms with van der Waals surface area (Å²) in [5.41, 5.74) is 6.34. The van der Waals surface area contributed by atoms with Gasteiger partial charge in [0, 0.05) is 23.2 Å². The van der Waals surface area contributed by atoms with Crippen molar-refractivity contribution in [1.82, 2.24) is 0 Å². The predicted molar refractivity (Wildman–Crippen MR) is 133 cm³/mol. The van der Waals surface area contributed by atoms with E-state index in [0.717, 1.165) is 34.7 Å². The lowest BCUT2D eigenvalue weighted by Crippen LogP contribution is -2.13. The van der Waals surface area contributed by atoms with Crippen molar-refractivity contribution in [1.29, 1.82) is 5.26 Å². The van der Waals surface area contributed by atoms with Gasteiger partial charge in [-0.15, -0.1) is 0 Å². The third-order valence-electron chi connectivity index (χ3n) is 4.95. The molecule has 1 unspecified atom stereocenters. The highest BCUT2D eigenvalue weighted by Gasteiger charge is 2.17. The van der Waals surface area contributed by atoms with E-state index in [4.69, 9.17) is 9.73 Å². The van der Waals surface area contributed by atoms with Gasteiger partial charge in [-0.25, -0.2) is 0 Å². The highest BCUT2D eigenvalue weighted by Crippen LogP contribution is 2.27. The van der Waals surface area contributed by atoms with Crippen LogP contribution in [0.25, 0.3) is 0 Å². The molecule has 0 radical (unpaired) electrons. The Bertz CT molecular complexity index is 994. The quantitative estimate of drug-likeness (QED) is 0.237. The van der Waals surface area contributed by atoms with Gasteiger partial charge in [-0.3, -0.25) is 9.98 Å². The molecule has 1 aromatic carbocycles. The first kappa shape index (κ1) is 25.8. The number of nitriles is 1. The smallest absolute Gasteiger partial charge is 0.137 e. The van der Waals surface area contributed by atoms with Crippen LogP contribution in [-0.2, 0) is 0 Å². The molecule has 0 spiro atoms. The van der Waals surface area contributed by atoms with E-state index in [2.05, 4.69) is 31.5 Å². The molecular formula is C27H35N3O. The van der Waals surface area contributed by atoms with Crippen LogP contribution in [-0.4, -0.2) is 11.4 Å². The van der Waals surface area contributed by atoms with Crippen LogP contribution in [0.15, 0.2) is 75.7 Å². The van der Waals surface area contributed by atoms with Crippen molar-refractivity contribution in [3.8, 4) is 11.8 Å². The number of nitrogens with zero attached hydrogens (tertiary/aromatic N) is 3. The van der Waals surface area contributed by atoms with Gasteiger partial charge < -0.3 is 4.74 Å². The first-order valence-electron chi connectivity index (χ1n) is 10.6. The summed E-state index contributed by atoms with van der Waals surface area (Å²) in [7, 11) is 0. The maximum absolute atomic E-state index is 9.39. The van der Waals surface area contributed by atoms with Gasteiger partial charge in [0.05, 0.1) is 17.3 Å². The fraction of sp³-hybridized carbons (Fsp3) is 0.370. The summed E-state index contributed by atoms with van der Waals surface area (Å²) >= 11 is 0. The van der Waals surface area contributed by atoms with E-state index in [-0.39, 0.29) is 5.92 Å². The van der Waals surface area contributed by atoms with E-state index in [1.807, 2.05) is 59.9 Å². The minimum Gasteiger partial charge on any atom is -0.461 e. The Morgan fingerprint density at radius 2 is 1.87 bits per heavy atom. The lowest BCUT2D eigenvalue weighted by Gasteiger charge is -2.17. The number of hydrogen-bond acceptors (Lipinski definition) is 4. The Hall–Kier alpha value is -3.19. The van der Waals surface area contributed by atoms with Crippen LogP contribution < -0.4 is 4.74 Å². The van der Waals surface area contributed by atoms with Gasteiger partial charge in [-0.1, -0.05) is 32.1 Å². The molecule has 0 fully saturated rings. The van der Waals surface area contributed by atoms with Crippen molar-refractivity contribution in [3.05, 3.63) is 76.9 Å². The number of aliphatic imine (C=N–C) groups is 2. The second kappa shape index (κ2) is 12.5. The van der Waals surface area contributed by atoms with Crippen LogP contribution in [0.1, 0.15) is 72.9 Å². The zero-order chi connectivity index (χ0) is 23.6. The number of rotatable bonds is 9. The summed E-state index contributed by atoms with van der Waals surface area (Å²) in [4.78, 5) is 9.35. The molecule has 0 aliphatic heterocycles. The fourth-order valence-electron chi connectivity index (χ4n) is 2.67. The van der Waals surface area contributed by atoms with Crippen molar-refractivity contribution < 1.29 is 4.74 Å². The third-order valence-corrected chi connectivity index (χ3v) is 4.95. The molecule has 0 aliphatic rings. The highest BCUT2D eigenvalue weighted by molar-refractivity contribution is 6.04. The minimum atomic E-state index is 0.219. The van der Waals surface area contributed by atoms with Gasteiger partial charge in [-0.05, 0) is 83.7 Å². The average molecular weight is 418 g/mol. The molecule has 31 heavy (non-hydrogen) atoms. The lowest BCUT2D eigenvalue weighted by atomic mass is 9.94. The van der Waals surface area contributed by atoms with Crippen molar-refractivity contribution in [3.63, 3.8) is 0 Å². The lowest BCUT2D eigenvalue weighted by molar-refractivity contribution is 0.427. The number of allylic oxidation sites excluding steroid dienone is 6. The monoisotopic (exact) mass is 417 g/mol. The second-order valence-electron chi connectivity index (χ2n) is 7.92. The first-order chi connectivity index (χ1) is 14.6. The van der Waals surface area contributed by atoms with Gasteiger partial charge in [0.1, 0.15) is 11.5 Å². The van der Waals surface area contributed by atoms with Crippen LogP contribution in [0, 0.1) is 17.2 Å². The van der Waals surface area contributed by atoms with Crippen LogP contribution in [0.2, 0.25) is 0 Å². The largest absolute Gasteiger partial charge is 0.461 e. The van der Waals surface area contributed by atoms with Crippen LogP contribution >= 0.6 is 0 Å². The fourth-order valence-corrected chi connectivity index (χ4v) is 2.67. The number of hydrogen-bond donors (Lipinski definition) is 0. The molecule has 0 saturated carbocycles. The molecule has 0 bridgehead atoms. The molecule has 1 atom stereocenters. The molecule has 4 heteroatoms. The average Bonchev–Trinajstić information content (AvgIpc) is 2.73. The Morgan fingerprint density at radius 3 is 2.42 bits per heavy atom. The summed E-state index contributed by atoms with van der Waals surface area (Å²) < 4.78 is 6.20. The molecule has 0 saturated heterocycles. The SMILES string of the molecule is C=C/C(C)=C\N=C(c1ccc(C#N)cc1O/C(C)=C/C(C)=NC(C)=C(C)C)C(C)CC. The van der Waals surface area contributed by atoms with Gasteiger partial charge >= 0.3 is 0 Å². The van der Waals surface area contributed by atoms with E-state index in [1.165, 1.54) is 5.57 Å². The molecule has 0 amide bonds. The van der Waals surface area contributed by atoms with Gasteiger partial charge in [0.15, 0.2) is 0 Å². The molecular weight excluding hydrogens is 382 g/mol. The maximum atomic E-state index is 9.39. The minimum absolute atomic E-state index is 0.219. The van der Waals surface area contributed by atoms with Crippen molar-refractivity contribution in [2.24, 2.45) is 15.9 Å². The van der Waals surface area contributed by atoms with Gasteiger partial charge in [0.2, 0.25) is 0 Å². The molecule has 164 valence electrons.